The van der Waals surface area contributed by atoms with Crippen LogP contribution in [0.2, 0.25) is 0 Å². The summed E-state index contributed by atoms with van der Waals surface area (Å²) < 4.78 is 36.2. The quantitative estimate of drug-likeness (QED) is 0.782. The number of halogens is 4. The highest BCUT2D eigenvalue weighted by Gasteiger charge is 2.33. The number of aliphatic hydroxyl groups is 1. The molecule has 1 rings (SSSR count). The van der Waals surface area contributed by atoms with Crippen molar-refractivity contribution in [1.82, 2.24) is 4.98 Å². The van der Waals surface area contributed by atoms with Crippen molar-refractivity contribution >= 4 is 15.9 Å². The van der Waals surface area contributed by atoms with Crippen molar-refractivity contribution in [3.05, 3.63) is 28.0 Å². The van der Waals surface area contributed by atoms with Crippen molar-refractivity contribution in [3.63, 3.8) is 0 Å². The average Bonchev–Trinajstić information content (AvgIpc) is 2.01. The van der Waals surface area contributed by atoms with Crippen molar-refractivity contribution in [2.45, 2.75) is 12.8 Å². The van der Waals surface area contributed by atoms with E-state index in [2.05, 4.69) is 20.9 Å². The minimum absolute atomic E-state index is 0.194. The zero-order valence-electron chi connectivity index (χ0n) is 6.27. The predicted molar refractivity (Wildman–Crippen MR) is 42.9 cm³/mol. The molecule has 1 aromatic heterocycles. The van der Waals surface area contributed by atoms with Gasteiger partial charge in [-0.1, -0.05) is 0 Å². The van der Waals surface area contributed by atoms with Gasteiger partial charge >= 0.3 is 6.18 Å². The molecule has 0 atom stereocenters. The smallest absolute Gasteiger partial charge is 0.390 e. The first-order valence-electron chi connectivity index (χ1n) is 3.28. The summed E-state index contributed by atoms with van der Waals surface area (Å²) in [6.45, 7) is -0.378. The maximum atomic E-state index is 12.2. The third-order valence-electron chi connectivity index (χ3n) is 1.37. The van der Waals surface area contributed by atoms with Crippen LogP contribution in [0.25, 0.3) is 0 Å². The van der Waals surface area contributed by atoms with Crippen molar-refractivity contribution in [1.29, 1.82) is 0 Å². The van der Waals surface area contributed by atoms with Gasteiger partial charge in [-0.25, -0.2) is 4.98 Å². The molecule has 0 aliphatic heterocycles. The lowest BCUT2D eigenvalue weighted by Crippen LogP contribution is -2.07. The lowest BCUT2D eigenvalue weighted by Gasteiger charge is -2.08. The van der Waals surface area contributed by atoms with E-state index in [0.717, 1.165) is 12.1 Å². The second-order valence-corrected chi connectivity index (χ2v) is 3.05. The highest BCUT2D eigenvalue weighted by molar-refractivity contribution is 9.10. The van der Waals surface area contributed by atoms with Crippen molar-refractivity contribution < 1.29 is 18.3 Å². The van der Waals surface area contributed by atoms with Gasteiger partial charge in [-0.2, -0.15) is 13.2 Å². The Balaban J connectivity index is 3.13. The maximum Gasteiger partial charge on any atom is 0.419 e. The second-order valence-electron chi connectivity index (χ2n) is 2.30. The first-order chi connectivity index (χ1) is 5.95. The predicted octanol–water partition coefficient (Wildman–Crippen LogP) is 2.36. The van der Waals surface area contributed by atoms with Crippen LogP contribution in [0.4, 0.5) is 13.2 Å². The molecule has 0 radical (unpaired) electrons. The largest absolute Gasteiger partial charge is 0.419 e. The number of rotatable bonds is 1. The Morgan fingerprint density at radius 3 is 2.38 bits per heavy atom. The van der Waals surface area contributed by atoms with E-state index in [4.69, 9.17) is 5.11 Å². The van der Waals surface area contributed by atoms with Crippen LogP contribution < -0.4 is 0 Å². The first kappa shape index (κ1) is 10.5. The van der Waals surface area contributed by atoms with E-state index in [1.807, 2.05) is 0 Å². The molecule has 1 N–H and O–H groups in total. The third-order valence-corrected chi connectivity index (χ3v) is 1.98. The summed E-state index contributed by atoms with van der Waals surface area (Å²) in [6, 6.07) is 2.01. The highest BCUT2D eigenvalue weighted by Crippen LogP contribution is 2.33. The Kier molecular flexibility index (Phi) is 2.92. The molecule has 0 bridgehead atoms. The van der Waals surface area contributed by atoms with Crippen LogP contribution in [0.5, 0.6) is 0 Å². The summed E-state index contributed by atoms with van der Waals surface area (Å²) in [7, 11) is 0. The van der Waals surface area contributed by atoms with Crippen molar-refractivity contribution in [3.8, 4) is 0 Å². The number of hydrogen-bond acceptors (Lipinski definition) is 2. The first-order valence-corrected chi connectivity index (χ1v) is 4.08. The van der Waals surface area contributed by atoms with Crippen LogP contribution in [0.15, 0.2) is 16.7 Å². The van der Waals surface area contributed by atoms with E-state index in [0.29, 0.717) is 0 Å². The fourth-order valence-electron chi connectivity index (χ4n) is 0.771. The molecule has 0 saturated carbocycles. The Labute approximate surface area is 80.5 Å². The van der Waals surface area contributed by atoms with Gasteiger partial charge in [0.05, 0.1) is 17.9 Å². The number of aromatic nitrogens is 1. The van der Waals surface area contributed by atoms with Gasteiger partial charge in [0.25, 0.3) is 0 Å². The molecule has 72 valence electrons. The van der Waals surface area contributed by atoms with Crippen LogP contribution in [0.1, 0.15) is 11.3 Å². The maximum absolute atomic E-state index is 12.2. The standard InChI is InChI=1S/C7H5BrF3NO/c8-6-5(7(9,10)11)2-1-4(3-13)12-6/h1-2,13H,3H2. The lowest BCUT2D eigenvalue weighted by molar-refractivity contribution is -0.138. The van der Waals surface area contributed by atoms with Crippen LogP contribution in [0.3, 0.4) is 0 Å². The summed E-state index contributed by atoms with van der Waals surface area (Å²) in [5.74, 6) is 0. The summed E-state index contributed by atoms with van der Waals surface area (Å²) >= 11 is 2.68. The Hall–Kier alpha value is -0.620. The minimum Gasteiger partial charge on any atom is -0.390 e. The van der Waals surface area contributed by atoms with Gasteiger partial charge in [0.2, 0.25) is 0 Å². The van der Waals surface area contributed by atoms with E-state index in [1.54, 1.807) is 0 Å². The molecular weight excluding hydrogens is 251 g/mol. The van der Waals surface area contributed by atoms with E-state index in [-0.39, 0.29) is 16.9 Å². The van der Waals surface area contributed by atoms with Gasteiger partial charge < -0.3 is 5.11 Å². The molecule has 6 heteroatoms. The highest BCUT2D eigenvalue weighted by atomic mass is 79.9. The molecule has 0 fully saturated rings. The molecule has 0 amide bonds. The fraction of sp³-hybridized carbons (Fsp3) is 0.286. The van der Waals surface area contributed by atoms with E-state index in [9.17, 15) is 13.2 Å². The van der Waals surface area contributed by atoms with E-state index >= 15 is 0 Å². The molecule has 13 heavy (non-hydrogen) atoms. The molecule has 0 aliphatic carbocycles. The molecule has 0 saturated heterocycles. The molecule has 1 heterocycles. The number of hydrogen-bond donors (Lipinski definition) is 1. The van der Waals surface area contributed by atoms with Crippen molar-refractivity contribution in [2.24, 2.45) is 0 Å². The molecule has 0 unspecified atom stereocenters. The van der Waals surface area contributed by atoms with Gasteiger partial charge in [0.15, 0.2) is 0 Å². The molecule has 2 nitrogen and oxygen atoms in total. The van der Waals surface area contributed by atoms with Crippen molar-refractivity contribution in [2.75, 3.05) is 0 Å². The van der Waals surface area contributed by atoms with Gasteiger partial charge in [0.1, 0.15) is 4.60 Å². The zero-order chi connectivity index (χ0) is 10.1. The molecule has 1 aromatic rings. The van der Waals surface area contributed by atoms with Gasteiger partial charge in [0, 0.05) is 0 Å². The second kappa shape index (κ2) is 3.63. The Morgan fingerprint density at radius 1 is 1.38 bits per heavy atom. The summed E-state index contributed by atoms with van der Waals surface area (Å²) in [5, 5.41) is 8.59. The average molecular weight is 256 g/mol. The lowest BCUT2D eigenvalue weighted by atomic mass is 10.2. The van der Waals surface area contributed by atoms with Crippen LogP contribution in [-0.2, 0) is 12.8 Å². The van der Waals surface area contributed by atoms with Gasteiger partial charge in [-0.05, 0) is 28.1 Å². The SMILES string of the molecule is OCc1ccc(C(F)(F)F)c(Br)n1. The number of alkyl halides is 3. The fourth-order valence-corrected chi connectivity index (χ4v) is 1.36. The van der Waals surface area contributed by atoms with E-state index < -0.39 is 11.7 Å². The van der Waals surface area contributed by atoms with Crippen LogP contribution in [0, 0.1) is 0 Å². The topological polar surface area (TPSA) is 33.1 Å². The summed E-state index contributed by atoms with van der Waals surface area (Å²) in [5.41, 5.74) is -0.649. The van der Waals surface area contributed by atoms with Crippen LogP contribution >= 0.6 is 15.9 Å². The minimum atomic E-state index is -4.42. The summed E-state index contributed by atoms with van der Waals surface area (Å²) in [6.07, 6.45) is -4.42. The number of nitrogens with zero attached hydrogens (tertiary/aromatic N) is 1. The molecule has 0 aliphatic rings. The molecule has 0 aromatic carbocycles. The Morgan fingerprint density at radius 2 is 2.00 bits per heavy atom. The Bertz CT molecular complexity index is 313. The molecular formula is C7H5BrF3NO. The van der Waals surface area contributed by atoms with Crippen LogP contribution in [-0.4, -0.2) is 10.1 Å². The number of aliphatic hydroxyl groups excluding tert-OH is 1. The zero-order valence-corrected chi connectivity index (χ0v) is 7.85. The number of pyridine rings is 1. The van der Waals surface area contributed by atoms with Gasteiger partial charge in [-0.3, -0.25) is 0 Å². The van der Waals surface area contributed by atoms with E-state index in [1.165, 1.54) is 0 Å². The monoisotopic (exact) mass is 255 g/mol. The normalized spacial score (nSPS) is 11.8. The third kappa shape index (κ3) is 2.41. The van der Waals surface area contributed by atoms with Gasteiger partial charge in [-0.15, -0.1) is 0 Å². The summed E-state index contributed by atoms with van der Waals surface area (Å²) in [4.78, 5) is 3.50. The molecule has 0 spiro atoms.